The van der Waals surface area contributed by atoms with Gasteiger partial charge in [-0.15, -0.1) is 5.10 Å². The van der Waals surface area contributed by atoms with Gasteiger partial charge in [0.2, 0.25) is 5.17 Å². The summed E-state index contributed by atoms with van der Waals surface area (Å²) in [5.74, 6) is -0.0492. The zero-order valence-electron chi connectivity index (χ0n) is 15.3. The molecular formula is C23H17N3O2S. The summed E-state index contributed by atoms with van der Waals surface area (Å²) < 4.78 is 0. The van der Waals surface area contributed by atoms with E-state index < -0.39 is 0 Å². The van der Waals surface area contributed by atoms with Crippen molar-refractivity contribution in [3.63, 3.8) is 0 Å². The number of carbonyl (C=O) groups is 1. The molecule has 1 heterocycles. The Morgan fingerprint density at radius 2 is 1.45 bits per heavy atom. The lowest BCUT2D eigenvalue weighted by Gasteiger charge is -2.14. The van der Waals surface area contributed by atoms with E-state index in [-0.39, 0.29) is 11.7 Å². The van der Waals surface area contributed by atoms with Crippen LogP contribution in [0.2, 0.25) is 0 Å². The predicted octanol–water partition coefficient (Wildman–Crippen LogP) is 4.90. The number of amidine groups is 1. The zero-order chi connectivity index (χ0) is 20.1. The van der Waals surface area contributed by atoms with Gasteiger partial charge in [0.1, 0.15) is 5.75 Å². The lowest BCUT2D eigenvalue weighted by Crippen LogP contribution is -2.28. The maximum Gasteiger partial charge on any atom is 0.271 e. The van der Waals surface area contributed by atoms with E-state index in [4.69, 9.17) is 0 Å². The van der Waals surface area contributed by atoms with Crippen LogP contribution in [0.1, 0.15) is 11.1 Å². The van der Waals surface area contributed by atoms with E-state index in [1.54, 1.807) is 18.3 Å². The summed E-state index contributed by atoms with van der Waals surface area (Å²) in [7, 11) is 0. The van der Waals surface area contributed by atoms with E-state index in [0.717, 1.165) is 11.1 Å². The number of phenols is 1. The molecule has 0 spiro atoms. The van der Waals surface area contributed by atoms with Gasteiger partial charge in [0, 0.05) is 0 Å². The van der Waals surface area contributed by atoms with E-state index in [9.17, 15) is 9.90 Å². The van der Waals surface area contributed by atoms with Crippen LogP contribution in [0.5, 0.6) is 5.75 Å². The van der Waals surface area contributed by atoms with Crippen LogP contribution >= 0.6 is 11.8 Å². The second-order valence-corrected chi connectivity index (χ2v) is 7.23. The van der Waals surface area contributed by atoms with Crippen LogP contribution in [0, 0.1) is 0 Å². The van der Waals surface area contributed by atoms with E-state index in [1.165, 1.54) is 28.8 Å². The number of nitrogens with zero attached hydrogens (tertiary/aromatic N) is 3. The van der Waals surface area contributed by atoms with Crippen molar-refractivity contribution in [2.75, 3.05) is 4.90 Å². The summed E-state index contributed by atoms with van der Waals surface area (Å²) in [5, 5.41) is 18.5. The number of rotatable bonds is 4. The lowest BCUT2D eigenvalue weighted by atomic mass is 10.2. The molecule has 1 amide bonds. The fourth-order valence-corrected chi connectivity index (χ4v) is 3.69. The molecule has 1 aliphatic heterocycles. The molecule has 3 aromatic rings. The van der Waals surface area contributed by atoms with E-state index in [2.05, 4.69) is 10.2 Å². The Bertz CT molecular complexity index is 1090. The van der Waals surface area contributed by atoms with Crippen molar-refractivity contribution in [3.05, 3.63) is 101 Å². The molecule has 5 nitrogen and oxygen atoms in total. The fourth-order valence-electron chi connectivity index (χ4n) is 2.76. The first-order chi connectivity index (χ1) is 14.2. The lowest BCUT2D eigenvalue weighted by molar-refractivity contribution is -0.113. The second kappa shape index (κ2) is 8.58. The molecule has 3 aromatic carbocycles. The number of thioether (sulfide) groups is 1. The quantitative estimate of drug-likeness (QED) is 0.385. The van der Waals surface area contributed by atoms with Gasteiger partial charge in [-0.05, 0) is 53.2 Å². The van der Waals surface area contributed by atoms with Gasteiger partial charge in [-0.2, -0.15) is 5.10 Å². The Balaban J connectivity index is 1.69. The second-order valence-electron chi connectivity index (χ2n) is 6.22. The van der Waals surface area contributed by atoms with Crippen molar-refractivity contribution in [3.8, 4) is 5.75 Å². The van der Waals surface area contributed by atoms with Crippen LogP contribution in [0.15, 0.2) is 100 Å². The first-order valence-corrected chi connectivity index (χ1v) is 9.76. The van der Waals surface area contributed by atoms with E-state index in [0.29, 0.717) is 15.8 Å². The molecule has 1 aliphatic rings. The summed E-state index contributed by atoms with van der Waals surface area (Å²) >= 11 is 1.27. The fraction of sp³-hybridized carbons (Fsp3) is 0. The van der Waals surface area contributed by atoms with Gasteiger partial charge in [-0.25, -0.2) is 0 Å². The van der Waals surface area contributed by atoms with Gasteiger partial charge < -0.3 is 5.11 Å². The van der Waals surface area contributed by atoms with Crippen LogP contribution in [-0.2, 0) is 4.79 Å². The maximum atomic E-state index is 13.1. The minimum absolute atomic E-state index is 0.133. The minimum Gasteiger partial charge on any atom is -0.508 e. The number of hydrogen-bond acceptors (Lipinski definition) is 5. The molecule has 1 N–H and O–H groups in total. The Morgan fingerprint density at radius 1 is 0.828 bits per heavy atom. The monoisotopic (exact) mass is 399 g/mol. The predicted molar refractivity (Wildman–Crippen MR) is 119 cm³/mol. The van der Waals surface area contributed by atoms with Gasteiger partial charge in [0.25, 0.3) is 5.91 Å². The Labute approximate surface area is 172 Å². The smallest absolute Gasteiger partial charge is 0.271 e. The van der Waals surface area contributed by atoms with Gasteiger partial charge in [-0.3, -0.25) is 9.69 Å². The molecule has 0 unspecified atom stereocenters. The average molecular weight is 399 g/mol. The van der Waals surface area contributed by atoms with Gasteiger partial charge >= 0.3 is 0 Å². The van der Waals surface area contributed by atoms with Crippen LogP contribution in [0.25, 0.3) is 6.08 Å². The molecule has 4 rings (SSSR count). The highest BCUT2D eigenvalue weighted by atomic mass is 32.2. The normalized spacial score (nSPS) is 17.0. The number of aromatic hydroxyl groups is 1. The van der Waals surface area contributed by atoms with Crippen molar-refractivity contribution >= 4 is 40.8 Å². The topological polar surface area (TPSA) is 65.3 Å². The van der Waals surface area contributed by atoms with Gasteiger partial charge in [0.05, 0.1) is 16.8 Å². The number of amides is 1. The van der Waals surface area contributed by atoms with E-state index >= 15 is 0 Å². The molecule has 0 radical (unpaired) electrons. The Kier molecular flexibility index (Phi) is 5.54. The highest BCUT2D eigenvalue weighted by molar-refractivity contribution is 8.19. The number of anilines is 1. The molecular weight excluding hydrogens is 382 g/mol. The molecule has 0 aliphatic carbocycles. The van der Waals surface area contributed by atoms with Crippen molar-refractivity contribution in [2.24, 2.45) is 10.2 Å². The zero-order valence-corrected chi connectivity index (χ0v) is 16.2. The SMILES string of the molecule is O=C1/C(=C/c2ccccc2)S/C(=N\N=C\c2ccccc2)N1c1ccc(O)cc1. The molecule has 1 saturated heterocycles. The van der Waals surface area contributed by atoms with Crippen molar-refractivity contribution in [2.45, 2.75) is 0 Å². The van der Waals surface area contributed by atoms with Crippen LogP contribution in [-0.4, -0.2) is 22.4 Å². The summed E-state index contributed by atoms with van der Waals surface area (Å²) in [5.41, 5.74) is 2.47. The number of phenolic OH excluding ortho intramolecular Hbond substituents is 1. The molecule has 0 bridgehead atoms. The van der Waals surface area contributed by atoms with Crippen molar-refractivity contribution < 1.29 is 9.90 Å². The summed E-state index contributed by atoms with van der Waals surface area (Å²) in [6.45, 7) is 0. The third-order valence-electron chi connectivity index (χ3n) is 4.16. The van der Waals surface area contributed by atoms with Crippen LogP contribution < -0.4 is 4.90 Å². The largest absolute Gasteiger partial charge is 0.508 e. The third kappa shape index (κ3) is 4.44. The minimum atomic E-state index is -0.182. The first kappa shape index (κ1) is 18.7. The Morgan fingerprint density at radius 3 is 2.10 bits per heavy atom. The summed E-state index contributed by atoms with van der Waals surface area (Å²) in [6, 6.07) is 25.7. The summed E-state index contributed by atoms with van der Waals surface area (Å²) in [6.07, 6.45) is 3.48. The highest BCUT2D eigenvalue weighted by Gasteiger charge is 2.34. The molecule has 0 saturated carbocycles. The molecule has 0 atom stereocenters. The average Bonchev–Trinajstić information content (AvgIpc) is 3.05. The number of carbonyl (C=O) groups excluding carboxylic acids is 1. The first-order valence-electron chi connectivity index (χ1n) is 8.95. The third-order valence-corrected chi connectivity index (χ3v) is 5.12. The van der Waals surface area contributed by atoms with Gasteiger partial charge in [0.15, 0.2) is 0 Å². The van der Waals surface area contributed by atoms with Crippen molar-refractivity contribution in [1.29, 1.82) is 0 Å². The Hall–Kier alpha value is -3.64. The highest BCUT2D eigenvalue weighted by Crippen LogP contribution is 2.36. The molecule has 1 fully saturated rings. The van der Waals surface area contributed by atoms with Crippen LogP contribution in [0.3, 0.4) is 0 Å². The number of benzene rings is 3. The molecule has 142 valence electrons. The maximum absolute atomic E-state index is 13.1. The molecule has 0 aromatic heterocycles. The summed E-state index contributed by atoms with van der Waals surface area (Å²) in [4.78, 5) is 15.1. The molecule has 29 heavy (non-hydrogen) atoms. The van der Waals surface area contributed by atoms with E-state index in [1.807, 2.05) is 66.7 Å². The molecule has 6 heteroatoms. The van der Waals surface area contributed by atoms with Crippen molar-refractivity contribution in [1.82, 2.24) is 0 Å². The number of hydrogen-bond donors (Lipinski definition) is 1. The standard InChI is InChI=1S/C23H17N3O2S/c27-20-13-11-19(12-14-20)26-22(28)21(15-17-7-3-1-4-8-17)29-23(26)25-24-16-18-9-5-2-6-10-18/h1-16,27H/b21-15-,24-16+,25-23-. The van der Waals surface area contributed by atoms with Crippen LogP contribution in [0.4, 0.5) is 5.69 Å². The van der Waals surface area contributed by atoms with Gasteiger partial charge in [-0.1, -0.05) is 60.7 Å².